The van der Waals surface area contributed by atoms with E-state index in [1.807, 2.05) is 0 Å². The van der Waals surface area contributed by atoms with Crippen LogP contribution >= 0.6 is 11.6 Å². The summed E-state index contributed by atoms with van der Waals surface area (Å²) in [5.74, 6) is 1.20. The quantitative estimate of drug-likeness (QED) is 0.823. The lowest BCUT2D eigenvalue weighted by Crippen LogP contribution is -2.34. The number of rotatable bonds is 3. The number of hydrogen-bond donors (Lipinski definition) is 1. The summed E-state index contributed by atoms with van der Waals surface area (Å²) in [6.45, 7) is 2.49. The van der Waals surface area contributed by atoms with Gasteiger partial charge >= 0.3 is 0 Å². The Bertz CT molecular complexity index is 540. The highest BCUT2D eigenvalue weighted by Gasteiger charge is 2.15. The molecule has 0 aromatic carbocycles. The molecular weight excluding hydrogens is 258 g/mol. The van der Waals surface area contributed by atoms with Gasteiger partial charge in [-0.2, -0.15) is 19.6 Å². The van der Waals surface area contributed by atoms with Crippen molar-refractivity contribution in [2.45, 2.75) is 6.10 Å². The standard InChI is InChI=1S/C10H12ClN5O2/c11-8-3-9(16-10(15-8)13-6-14-16)12-4-7-5-17-1-2-18-7/h3,6-7,12H,1-2,4-5H2. The molecule has 1 fully saturated rings. The van der Waals surface area contributed by atoms with E-state index in [2.05, 4.69) is 20.4 Å². The van der Waals surface area contributed by atoms with E-state index >= 15 is 0 Å². The van der Waals surface area contributed by atoms with Gasteiger partial charge in [0.15, 0.2) is 0 Å². The number of nitrogens with one attached hydrogen (secondary N) is 1. The van der Waals surface area contributed by atoms with Crippen LogP contribution in [0.2, 0.25) is 5.15 Å². The molecule has 0 aliphatic carbocycles. The minimum Gasteiger partial charge on any atom is -0.376 e. The maximum Gasteiger partial charge on any atom is 0.255 e. The molecule has 2 aromatic heterocycles. The van der Waals surface area contributed by atoms with Gasteiger partial charge in [-0.15, -0.1) is 0 Å². The highest BCUT2D eigenvalue weighted by atomic mass is 35.5. The largest absolute Gasteiger partial charge is 0.376 e. The molecule has 1 atom stereocenters. The fourth-order valence-corrected chi connectivity index (χ4v) is 1.96. The summed E-state index contributed by atoms with van der Waals surface area (Å²) < 4.78 is 12.5. The number of hydrogen-bond acceptors (Lipinski definition) is 6. The molecule has 1 unspecified atom stereocenters. The molecule has 0 amide bonds. The Balaban J connectivity index is 1.75. The Hall–Kier alpha value is -1.44. The van der Waals surface area contributed by atoms with Gasteiger partial charge in [0.1, 0.15) is 17.3 Å². The summed E-state index contributed by atoms with van der Waals surface area (Å²) in [7, 11) is 0. The van der Waals surface area contributed by atoms with Crippen LogP contribution in [0.5, 0.6) is 0 Å². The molecule has 18 heavy (non-hydrogen) atoms. The molecule has 3 heterocycles. The molecule has 1 N–H and O–H groups in total. The van der Waals surface area contributed by atoms with Crippen LogP contribution in [0.15, 0.2) is 12.4 Å². The predicted octanol–water partition coefficient (Wildman–Crippen LogP) is 0.605. The monoisotopic (exact) mass is 269 g/mol. The number of nitrogens with zero attached hydrogens (tertiary/aromatic N) is 4. The molecule has 0 radical (unpaired) electrons. The summed E-state index contributed by atoms with van der Waals surface area (Å²) >= 11 is 5.91. The van der Waals surface area contributed by atoms with Crippen LogP contribution in [-0.2, 0) is 9.47 Å². The molecular formula is C10H12ClN5O2. The first-order valence-electron chi connectivity index (χ1n) is 5.62. The van der Waals surface area contributed by atoms with Gasteiger partial charge < -0.3 is 14.8 Å². The normalized spacial score (nSPS) is 20.2. The molecule has 1 saturated heterocycles. The fraction of sp³-hybridized carbons (Fsp3) is 0.500. The van der Waals surface area contributed by atoms with Crippen molar-refractivity contribution in [1.82, 2.24) is 19.6 Å². The maximum atomic E-state index is 5.91. The molecule has 0 saturated carbocycles. The Morgan fingerprint density at radius 2 is 2.44 bits per heavy atom. The molecule has 7 nitrogen and oxygen atoms in total. The molecule has 8 heteroatoms. The summed E-state index contributed by atoms with van der Waals surface area (Å²) in [5.41, 5.74) is 0. The minimum atomic E-state index is 0.0317. The van der Waals surface area contributed by atoms with Crippen molar-refractivity contribution in [3.63, 3.8) is 0 Å². The predicted molar refractivity (Wildman–Crippen MR) is 64.8 cm³/mol. The zero-order valence-corrected chi connectivity index (χ0v) is 10.3. The second kappa shape index (κ2) is 5.05. The van der Waals surface area contributed by atoms with E-state index in [1.54, 1.807) is 10.6 Å². The van der Waals surface area contributed by atoms with Crippen molar-refractivity contribution in [2.75, 3.05) is 31.7 Å². The van der Waals surface area contributed by atoms with E-state index in [9.17, 15) is 0 Å². The molecule has 1 aliphatic rings. The third-order valence-electron chi connectivity index (χ3n) is 2.62. The van der Waals surface area contributed by atoms with Gasteiger partial charge in [-0.05, 0) is 0 Å². The van der Waals surface area contributed by atoms with Crippen molar-refractivity contribution in [2.24, 2.45) is 0 Å². The van der Waals surface area contributed by atoms with Gasteiger partial charge in [0.2, 0.25) is 0 Å². The lowest BCUT2D eigenvalue weighted by molar-refractivity contribution is -0.0819. The summed E-state index contributed by atoms with van der Waals surface area (Å²) in [6.07, 6.45) is 1.47. The van der Waals surface area contributed by atoms with E-state index < -0.39 is 0 Å². The molecule has 0 spiro atoms. The van der Waals surface area contributed by atoms with Crippen molar-refractivity contribution in [3.8, 4) is 0 Å². The first-order valence-corrected chi connectivity index (χ1v) is 6.00. The second-order valence-electron chi connectivity index (χ2n) is 3.88. The van der Waals surface area contributed by atoms with Crippen LogP contribution in [0.25, 0.3) is 5.78 Å². The second-order valence-corrected chi connectivity index (χ2v) is 4.27. The van der Waals surface area contributed by atoms with E-state index in [1.165, 1.54) is 6.33 Å². The van der Waals surface area contributed by atoms with Gasteiger partial charge in [0.25, 0.3) is 5.78 Å². The zero-order chi connectivity index (χ0) is 12.4. The van der Waals surface area contributed by atoms with Crippen LogP contribution in [-0.4, -0.2) is 52.1 Å². The lowest BCUT2D eigenvalue weighted by atomic mass is 10.3. The average Bonchev–Trinajstić information content (AvgIpc) is 2.85. The Morgan fingerprint density at radius 3 is 3.28 bits per heavy atom. The lowest BCUT2D eigenvalue weighted by Gasteiger charge is -2.23. The van der Waals surface area contributed by atoms with Gasteiger partial charge in [0, 0.05) is 12.6 Å². The number of halogens is 1. The number of aromatic nitrogens is 4. The van der Waals surface area contributed by atoms with Crippen molar-refractivity contribution in [1.29, 1.82) is 0 Å². The first-order chi connectivity index (χ1) is 8.83. The number of ether oxygens (including phenoxy) is 2. The summed E-state index contributed by atoms with van der Waals surface area (Å²) in [6, 6.07) is 1.70. The van der Waals surface area contributed by atoms with E-state index in [-0.39, 0.29) is 6.10 Å². The van der Waals surface area contributed by atoms with Crippen LogP contribution < -0.4 is 5.32 Å². The maximum absolute atomic E-state index is 5.91. The highest BCUT2D eigenvalue weighted by Crippen LogP contribution is 2.14. The Morgan fingerprint density at radius 1 is 1.50 bits per heavy atom. The van der Waals surface area contributed by atoms with Crippen LogP contribution in [0.1, 0.15) is 0 Å². The van der Waals surface area contributed by atoms with Crippen LogP contribution in [0.4, 0.5) is 5.82 Å². The Kier molecular flexibility index (Phi) is 3.26. The zero-order valence-electron chi connectivity index (χ0n) is 9.54. The smallest absolute Gasteiger partial charge is 0.255 e. The van der Waals surface area contributed by atoms with Gasteiger partial charge in [-0.3, -0.25) is 0 Å². The summed E-state index contributed by atoms with van der Waals surface area (Å²) in [4.78, 5) is 8.05. The van der Waals surface area contributed by atoms with E-state index in [0.29, 0.717) is 37.3 Å². The van der Waals surface area contributed by atoms with Crippen molar-refractivity contribution >= 4 is 23.2 Å². The van der Waals surface area contributed by atoms with Gasteiger partial charge in [-0.1, -0.05) is 11.6 Å². The van der Waals surface area contributed by atoms with Crippen LogP contribution in [0.3, 0.4) is 0 Å². The molecule has 1 aliphatic heterocycles. The average molecular weight is 270 g/mol. The summed E-state index contributed by atoms with van der Waals surface area (Å²) in [5, 5.41) is 7.66. The molecule has 0 bridgehead atoms. The van der Waals surface area contributed by atoms with Crippen LogP contribution in [0, 0.1) is 0 Å². The van der Waals surface area contributed by atoms with Crippen molar-refractivity contribution < 1.29 is 9.47 Å². The van der Waals surface area contributed by atoms with Gasteiger partial charge in [0.05, 0.1) is 25.9 Å². The van der Waals surface area contributed by atoms with E-state index in [0.717, 1.165) is 5.82 Å². The topological polar surface area (TPSA) is 73.6 Å². The third kappa shape index (κ3) is 2.38. The van der Waals surface area contributed by atoms with E-state index in [4.69, 9.17) is 21.1 Å². The fourth-order valence-electron chi connectivity index (χ4n) is 1.78. The third-order valence-corrected chi connectivity index (χ3v) is 2.81. The number of anilines is 1. The molecule has 96 valence electrons. The first kappa shape index (κ1) is 11.6. The van der Waals surface area contributed by atoms with Crippen molar-refractivity contribution in [3.05, 3.63) is 17.5 Å². The number of fused-ring (bicyclic) bond motifs is 1. The highest BCUT2D eigenvalue weighted by molar-refractivity contribution is 6.29. The molecule has 3 rings (SSSR count). The Labute approximate surface area is 108 Å². The molecule has 2 aromatic rings. The van der Waals surface area contributed by atoms with Gasteiger partial charge in [-0.25, -0.2) is 0 Å². The minimum absolute atomic E-state index is 0.0317. The SMILES string of the molecule is Clc1cc(NCC2COCCO2)n2ncnc2n1.